The fourth-order valence-corrected chi connectivity index (χ4v) is 5.20. The third-order valence-electron chi connectivity index (χ3n) is 6.90. The number of hydrogen-bond acceptors (Lipinski definition) is 6. The molecule has 1 spiro atoms. The molecule has 32 heavy (non-hydrogen) atoms. The summed E-state index contributed by atoms with van der Waals surface area (Å²) in [5.74, 6) is -0.768. The first-order valence-corrected chi connectivity index (χ1v) is 11.1. The normalized spacial score (nSPS) is 21.1. The van der Waals surface area contributed by atoms with Crippen molar-refractivity contribution in [1.82, 2.24) is 4.57 Å². The van der Waals surface area contributed by atoms with Crippen LogP contribution in [-0.2, 0) is 15.9 Å². The zero-order valence-corrected chi connectivity index (χ0v) is 18.6. The van der Waals surface area contributed by atoms with Crippen molar-refractivity contribution in [1.29, 1.82) is 0 Å². The first-order chi connectivity index (χ1) is 15.3. The third-order valence-corrected chi connectivity index (χ3v) is 6.90. The van der Waals surface area contributed by atoms with E-state index in [0.29, 0.717) is 25.5 Å². The van der Waals surface area contributed by atoms with Crippen molar-refractivity contribution in [3.63, 3.8) is 0 Å². The van der Waals surface area contributed by atoms with Crippen molar-refractivity contribution >= 4 is 11.7 Å². The zero-order chi connectivity index (χ0) is 22.6. The van der Waals surface area contributed by atoms with Crippen molar-refractivity contribution in [3.8, 4) is 17.0 Å². The Morgan fingerprint density at radius 3 is 2.66 bits per heavy atom. The smallest absolute Gasteiger partial charge is 0.341 e. The predicted molar refractivity (Wildman–Crippen MR) is 119 cm³/mol. The molecule has 0 saturated carbocycles. The van der Waals surface area contributed by atoms with Gasteiger partial charge in [0.15, 0.2) is 11.2 Å². The number of fused-ring (bicyclic) bond motifs is 3. The van der Waals surface area contributed by atoms with E-state index in [0.717, 1.165) is 41.9 Å². The Morgan fingerprint density at radius 1 is 1.25 bits per heavy atom. The van der Waals surface area contributed by atoms with Gasteiger partial charge in [0.2, 0.25) is 0 Å². The maximum absolute atomic E-state index is 12.5. The molecular formula is C24H28N2O6. The summed E-state index contributed by atoms with van der Waals surface area (Å²) < 4.78 is 19.5. The van der Waals surface area contributed by atoms with Crippen LogP contribution < -0.4 is 15.1 Å². The summed E-state index contributed by atoms with van der Waals surface area (Å²) in [6.45, 7) is 6.92. The predicted octanol–water partition coefficient (Wildman–Crippen LogP) is 2.93. The van der Waals surface area contributed by atoms with Gasteiger partial charge in [0.25, 0.3) is 0 Å². The molecule has 1 aromatic carbocycles. The Kier molecular flexibility index (Phi) is 5.02. The van der Waals surface area contributed by atoms with Crippen LogP contribution in [0.2, 0.25) is 0 Å². The lowest BCUT2D eigenvalue weighted by atomic mass is 9.86. The highest BCUT2D eigenvalue weighted by Crippen LogP contribution is 2.44. The molecule has 1 N–H and O–H groups in total. The molecule has 8 nitrogen and oxygen atoms in total. The lowest BCUT2D eigenvalue weighted by Gasteiger charge is -2.34. The standard InChI is InChI=1S/C24H28N2O6/c1-14(2)18-8-15-9-20(25-5-4-24(13-25)31-6-7-32-24)22(30-3)10-16(15)19-11-21(27)17(23(28)29)12-26(18)19/h9-12,14,18H,4-8,13H2,1-3H3,(H,28,29)/t18-/m0/s1. The summed E-state index contributed by atoms with van der Waals surface area (Å²) in [5.41, 5.74) is 3.05. The zero-order valence-electron chi connectivity index (χ0n) is 18.6. The second-order valence-electron chi connectivity index (χ2n) is 9.12. The number of carbonyl (C=O) groups is 1. The molecular weight excluding hydrogens is 412 g/mol. The second-order valence-corrected chi connectivity index (χ2v) is 9.12. The maximum Gasteiger partial charge on any atom is 0.341 e. The summed E-state index contributed by atoms with van der Waals surface area (Å²) >= 11 is 0. The number of aromatic nitrogens is 1. The van der Waals surface area contributed by atoms with Gasteiger partial charge in [0.1, 0.15) is 11.3 Å². The lowest BCUT2D eigenvalue weighted by Crippen LogP contribution is -2.34. The van der Waals surface area contributed by atoms with Gasteiger partial charge in [-0.15, -0.1) is 0 Å². The number of rotatable bonds is 4. The number of nitrogens with zero attached hydrogens (tertiary/aromatic N) is 2. The van der Waals surface area contributed by atoms with Crippen molar-refractivity contribution < 1.29 is 24.1 Å². The molecule has 0 unspecified atom stereocenters. The summed E-state index contributed by atoms with van der Waals surface area (Å²) in [6.07, 6.45) is 3.04. The maximum atomic E-state index is 12.5. The van der Waals surface area contributed by atoms with Crippen molar-refractivity contribution in [3.05, 3.63) is 45.7 Å². The highest BCUT2D eigenvalue weighted by Gasteiger charge is 2.44. The summed E-state index contributed by atoms with van der Waals surface area (Å²) in [4.78, 5) is 26.3. The Labute approximate surface area is 186 Å². The van der Waals surface area contributed by atoms with Crippen LogP contribution in [0.5, 0.6) is 5.75 Å². The molecule has 8 heteroatoms. The van der Waals surface area contributed by atoms with Gasteiger partial charge >= 0.3 is 5.97 Å². The van der Waals surface area contributed by atoms with E-state index >= 15 is 0 Å². The van der Waals surface area contributed by atoms with Crippen molar-refractivity contribution in [2.45, 2.75) is 38.5 Å². The largest absolute Gasteiger partial charge is 0.495 e. The fraction of sp³-hybridized carbons (Fsp3) is 0.500. The van der Waals surface area contributed by atoms with Crippen LogP contribution in [0.25, 0.3) is 11.3 Å². The first kappa shape index (κ1) is 21.0. The molecule has 170 valence electrons. The van der Waals surface area contributed by atoms with Crippen molar-refractivity contribution in [2.24, 2.45) is 5.92 Å². The Bertz CT molecular complexity index is 1130. The number of hydrogen-bond donors (Lipinski definition) is 1. The van der Waals surface area contributed by atoms with Crippen molar-refractivity contribution in [2.75, 3.05) is 38.3 Å². The van der Waals surface area contributed by atoms with E-state index in [2.05, 4.69) is 24.8 Å². The van der Waals surface area contributed by atoms with Gasteiger partial charge in [0, 0.05) is 36.8 Å². The number of carboxylic acid groups (broad SMARTS) is 1. The van der Waals surface area contributed by atoms with Gasteiger partial charge < -0.3 is 28.8 Å². The minimum Gasteiger partial charge on any atom is -0.495 e. The van der Waals surface area contributed by atoms with Crippen LogP contribution >= 0.6 is 0 Å². The average Bonchev–Trinajstić information content (AvgIpc) is 3.41. The molecule has 1 aromatic heterocycles. The minimum absolute atomic E-state index is 0.0452. The Morgan fingerprint density at radius 2 is 2.00 bits per heavy atom. The molecule has 2 saturated heterocycles. The van der Waals surface area contributed by atoms with Crippen LogP contribution in [0, 0.1) is 5.92 Å². The first-order valence-electron chi connectivity index (χ1n) is 11.1. The molecule has 0 amide bonds. The molecule has 1 atom stereocenters. The van der Waals surface area contributed by atoms with Gasteiger partial charge in [0.05, 0.1) is 38.2 Å². The van der Waals surface area contributed by atoms with E-state index in [-0.39, 0.29) is 17.5 Å². The molecule has 3 aliphatic rings. The van der Waals surface area contributed by atoms with Crippen LogP contribution in [0.3, 0.4) is 0 Å². The average molecular weight is 440 g/mol. The molecule has 0 radical (unpaired) electrons. The number of aromatic carboxylic acids is 1. The van der Waals surface area contributed by atoms with E-state index < -0.39 is 17.2 Å². The number of anilines is 1. The Balaban J connectivity index is 1.62. The highest BCUT2D eigenvalue weighted by atomic mass is 16.7. The van der Waals surface area contributed by atoms with Crippen LogP contribution in [0.4, 0.5) is 5.69 Å². The summed E-state index contributed by atoms with van der Waals surface area (Å²) in [6, 6.07) is 5.61. The number of pyridine rings is 1. The van der Waals surface area contributed by atoms with Gasteiger partial charge in [-0.1, -0.05) is 13.8 Å². The molecule has 0 aliphatic carbocycles. The third kappa shape index (κ3) is 3.29. The number of ether oxygens (including phenoxy) is 3. The second kappa shape index (κ2) is 7.64. The highest BCUT2D eigenvalue weighted by molar-refractivity contribution is 5.88. The van der Waals surface area contributed by atoms with E-state index in [1.807, 2.05) is 10.6 Å². The molecule has 2 aromatic rings. The topological polar surface area (TPSA) is 90.2 Å². The minimum atomic E-state index is -1.20. The van der Waals surface area contributed by atoms with E-state index in [9.17, 15) is 14.7 Å². The quantitative estimate of drug-likeness (QED) is 0.782. The molecule has 0 bridgehead atoms. The van der Waals surface area contributed by atoms with Gasteiger partial charge in [-0.25, -0.2) is 4.79 Å². The van der Waals surface area contributed by atoms with E-state index in [4.69, 9.17) is 14.2 Å². The van der Waals surface area contributed by atoms with Crippen LogP contribution in [-0.4, -0.2) is 54.8 Å². The summed E-state index contributed by atoms with van der Waals surface area (Å²) in [5, 5.41) is 9.46. The number of carboxylic acids is 1. The van der Waals surface area contributed by atoms with Gasteiger partial charge in [-0.3, -0.25) is 4.79 Å². The van der Waals surface area contributed by atoms with E-state index in [1.54, 1.807) is 7.11 Å². The van der Waals surface area contributed by atoms with E-state index in [1.165, 1.54) is 12.3 Å². The number of methoxy groups -OCH3 is 1. The number of benzene rings is 1. The molecule has 5 rings (SSSR count). The molecule has 2 fully saturated rings. The van der Waals surface area contributed by atoms with Gasteiger partial charge in [-0.2, -0.15) is 0 Å². The molecule has 4 heterocycles. The fourth-order valence-electron chi connectivity index (χ4n) is 5.20. The van der Waals surface area contributed by atoms with Crippen LogP contribution in [0.15, 0.2) is 29.2 Å². The van der Waals surface area contributed by atoms with Crippen LogP contribution in [0.1, 0.15) is 42.2 Å². The SMILES string of the molecule is COc1cc2c(cc1N1CCC3(C1)OCCO3)C[C@@H](C(C)C)n1cc(C(=O)O)c(=O)cc1-2. The monoisotopic (exact) mass is 440 g/mol. The Hall–Kier alpha value is -2.84. The summed E-state index contributed by atoms with van der Waals surface area (Å²) in [7, 11) is 1.64. The van der Waals surface area contributed by atoms with Gasteiger partial charge in [-0.05, 0) is 30.0 Å². The lowest BCUT2D eigenvalue weighted by molar-refractivity contribution is -0.137. The molecule has 3 aliphatic heterocycles.